The molecule has 12 heteroatoms. The molecule has 42 heavy (non-hydrogen) atoms. The van der Waals surface area contributed by atoms with Crippen LogP contribution in [-0.4, -0.2) is 79.7 Å². The minimum Gasteiger partial charge on any atom is -0.392 e. The van der Waals surface area contributed by atoms with E-state index in [0.29, 0.717) is 64.4 Å². The molecule has 1 heterocycles. The van der Waals surface area contributed by atoms with Gasteiger partial charge in [-0.2, -0.15) is 10.4 Å². The molecule has 0 spiro atoms. The molecule has 1 aromatic heterocycles. The Morgan fingerprint density at radius 3 is 2.17 bits per heavy atom. The number of hydrogen-bond acceptors (Lipinski definition) is 11. The molecule has 0 saturated carbocycles. The minimum absolute atomic E-state index is 0.220. The van der Waals surface area contributed by atoms with Gasteiger partial charge in [-0.3, -0.25) is 9.11 Å². The summed E-state index contributed by atoms with van der Waals surface area (Å²) >= 11 is 0. The number of benzene rings is 2. The highest BCUT2D eigenvalue weighted by molar-refractivity contribution is 7.85. The number of pyridine rings is 1. The number of aliphatic hydroxyl groups is 3. The molecule has 4 atom stereocenters. The Morgan fingerprint density at radius 2 is 1.60 bits per heavy atom. The van der Waals surface area contributed by atoms with Crippen molar-refractivity contribution in [3.05, 3.63) is 65.7 Å². The summed E-state index contributed by atoms with van der Waals surface area (Å²) in [5, 5.41) is 54.2. The summed E-state index contributed by atoms with van der Waals surface area (Å²) in [5.41, 5.74) is 2.55. The van der Waals surface area contributed by atoms with Gasteiger partial charge in [-0.15, -0.1) is 5.11 Å². The van der Waals surface area contributed by atoms with Gasteiger partial charge >= 0.3 is 0 Å². The van der Waals surface area contributed by atoms with Crippen LogP contribution >= 0.6 is 0 Å². The number of nitriles is 1. The Morgan fingerprint density at radius 1 is 0.952 bits per heavy atom. The second-order valence-electron chi connectivity index (χ2n) is 10.2. The highest BCUT2D eigenvalue weighted by Gasteiger charge is 2.18. The number of nitrogens with one attached hydrogen (secondary N) is 2. The molecule has 0 saturated heterocycles. The van der Waals surface area contributed by atoms with Crippen LogP contribution in [0, 0.1) is 18.3 Å². The summed E-state index contributed by atoms with van der Waals surface area (Å²) in [6.45, 7) is 8.24. The van der Waals surface area contributed by atoms with Crippen LogP contribution in [0.4, 0.5) is 28.7 Å². The number of para-hydroxylation sites is 1. The average molecular weight is 594 g/mol. The molecular formula is C30H39N7O4S. The summed E-state index contributed by atoms with van der Waals surface area (Å²) in [7, 11) is -1.28. The maximum atomic E-state index is 12.9. The molecule has 4 unspecified atom stereocenters. The Hall–Kier alpha value is -3.73. The molecule has 0 aliphatic rings. The maximum Gasteiger partial charge on any atom is 0.156 e. The first-order valence-electron chi connectivity index (χ1n) is 13.7. The van der Waals surface area contributed by atoms with E-state index >= 15 is 0 Å². The first-order valence-corrected chi connectivity index (χ1v) is 15.1. The van der Waals surface area contributed by atoms with Crippen LogP contribution in [0.1, 0.15) is 31.9 Å². The third-order valence-electron chi connectivity index (χ3n) is 6.13. The zero-order chi connectivity index (χ0) is 30.6. The second kappa shape index (κ2) is 16.1. The molecule has 3 rings (SSSR count). The molecule has 0 aliphatic carbocycles. The topological polar surface area (TPSA) is 166 Å². The molecule has 0 radical (unpaired) electrons. The van der Waals surface area contributed by atoms with Gasteiger partial charge in [0.1, 0.15) is 11.8 Å². The molecule has 11 nitrogen and oxygen atoms in total. The van der Waals surface area contributed by atoms with Crippen molar-refractivity contribution in [2.24, 2.45) is 10.2 Å². The van der Waals surface area contributed by atoms with E-state index in [1.807, 2.05) is 35.2 Å². The van der Waals surface area contributed by atoms with Gasteiger partial charge in [-0.1, -0.05) is 18.2 Å². The summed E-state index contributed by atoms with van der Waals surface area (Å²) < 4.78 is 12.9. The van der Waals surface area contributed by atoms with Gasteiger partial charge in [-0.25, -0.2) is 4.98 Å². The lowest BCUT2D eigenvalue weighted by molar-refractivity contribution is 0.0874. The van der Waals surface area contributed by atoms with Crippen LogP contribution in [0.15, 0.2) is 69.7 Å². The SMILES string of the molecule is Cc1c(C#N)c(Nc2ccccc2)nc(NCC(C)O)c1N=Nc1ccc(S(=O)CCN(CC(C)O)CC(C)O)cc1. The molecule has 0 bridgehead atoms. The highest BCUT2D eigenvalue weighted by Crippen LogP contribution is 2.35. The lowest BCUT2D eigenvalue weighted by Crippen LogP contribution is -2.38. The van der Waals surface area contributed by atoms with Crippen molar-refractivity contribution >= 4 is 39.5 Å². The molecule has 224 valence electrons. The summed E-state index contributed by atoms with van der Waals surface area (Å²) in [6, 6.07) is 18.5. The van der Waals surface area contributed by atoms with Crippen LogP contribution in [0.2, 0.25) is 0 Å². The van der Waals surface area contributed by atoms with Crippen molar-refractivity contribution < 1.29 is 19.5 Å². The Kier molecular flexibility index (Phi) is 12.5. The lowest BCUT2D eigenvalue weighted by Gasteiger charge is -2.24. The van der Waals surface area contributed by atoms with Crippen LogP contribution in [-0.2, 0) is 10.8 Å². The van der Waals surface area contributed by atoms with Crippen LogP contribution in [0.5, 0.6) is 0 Å². The van der Waals surface area contributed by atoms with E-state index in [4.69, 9.17) is 0 Å². The normalized spacial score (nSPS) is 14.4. The molecule has 3 aromatic rings. The minimum atomic E-state index is -1.28. The van der Waals surface area contributed by atoms with E-state index in [1.165, 1.54) is 0 Å². The molecule has 0 fully saturated rings. The number of aromatic nitrogens is 1. The van der Waals surface area contributed by atoms with Crippen molar-refractivity contribution in [2.45, 2.75) is 50.9 Å². The summed E-state index contributed by atoms with van der Waals surface area (Å²) in [6.07, 6.45) is -1.74. The van der Waals surface area contributed by atoms with Gasteiger partial charge < -0.3 is 26.0 Å². The third kappa shape index (κ3) is 9.97. The van der Waals surface area contributed by atoms with Crippen molar-refractivity contribution in [2.75, 3.05) is 42.6 Å². The fraction of sp³-hybridized carbons (Fsp3) is 0.400. The molecule has 2 aromatic carbocycles. The molecule has 5 N–H and O–H groups in total. The van der Waals surface area contributed by atoms with Crippen LogP contribution in [0.25, 0.3) is 0 Å². The second-order valence-corrected chi connectivity index (χ2v) is 11.8. The predicted octanol–water partition coefficient (Wildman–Crippen LogP) is 4.38. The quantitative estimate of drug-likeness (QED) is 0.161. The van der Waals surface area contributed by atoms with Crippen LogP contribution < -0.4 is 10.6 Å². The number of hydrogen-bond donors (Lipinski definition) is 5. The summed E-state index contributed by atoms with van der Waals surface area (Å²) in [4.78, 5) is 7.13. The van der Waals surface area contributed by atoms with Gasteiger partial charge in [0.15, 0.2) is 11.6 Å². The first kappa shape index (κ1) is 32.8. The Balaban J connectivity index is 1.81. The van der Waals surface area contributed by atoms with E-state index in [0.717, 1.165) is 5.69 Å². The molecule has 0 aliphatic heterocycles. The van der Waals surface area contributed by atoms with Crippen LogP contribution in [0.3, 0.4) is 0 Å². The Labute approximate surface area is 249 Å². The zero-order valence-corrected chi connectivity index (χ0v) is 25.2. The third-order valence-corrected chi connectivity index (χ3v) is 7.48. The first-order chi connectivity index (χ1) is 20.1. The van der Waals surface area contributed by atoms with Gasteiger partial charge in [0.25, 0.3) is 0 Å². The van der Waals surface area contributed by atoms with Gasteiger partial charge in [0.2, 0.25) is 0 Å². The smallest absolute Gasteiger partial charge is 0.156 e. The Bertz CT molecular complexity index is 1380. The maximum absolute atomic E-state index is 12.9. The summed E-state index contributed by atoms with van der Waals surface area (Å²) in [5.74, 6) is 1.08. The standard InChI is InChI=1S/C30H39N7O4S/c1-20(38)17-32-30-28(23(4)27(16-31)29(34-30)33-24-8-6-5-7-9-24)36-35-25-10-12-26(13-11-25)42(41)15-14-37(18-21(2)39)19-22(3)40/h5-13,20-22,38-40H,14-15,17-19H2,1-4H3,(H2,32,33,34). The fourth-order valence-corrected chi connectivity index (χ4v) is 5.28. The van der Waals surface area contributed by atoms with Crippen molar-refractivity contribution in [1.82, 2.24) is 9.88 Å². The lowest BCUT2D eigenvalue weighted by atomic mass is 10.1. The highest BCUT2D eigenvalue weighted by atomic mass is 32.2. The molecule has 0 amide bonds. The van der Waals surface area contributed by atoms with E-state index < -0.39 is 29.1 Å². The number of nitrogens with zero attached hydrogens (tertiary/aromatic N) is 5. The number of rotatable bonds is 15. The average Bonchev–Trinajstić information content (AvgIpc) is 2.94. The van der Waals surface area contributed by atoms with Crippen molar-refractivity contribution in [3.63, 3.8) is 0 Å². The van der Waals surface area contributed by atoms with Gasteiger partial charge in [0.05, 0.1) is 40.4 Å². The predicted molar refractivity (Wildman–Crippen MR) is 165 cm³/mol. The largest absolute Gasteiger partial charge is 0.392 e. The van der Waals surface area contributed by atoms with Crippen molar-refractivity contribution in [1.29, 1.82) is 5.26 Å². The van der Waals surface area contributed by atoms with Crippen molar-refractivity contribution in [3.8, 4) is 6.07 Å². The van der Waals surface area contributed by atoms with E-state index in [-0.39, 0.29) is 6.54 Å². The number of aliphatic hydroxyl groups excluding tert-OH is 3. The van der Waals surface area contributed by atoms with Gasteiger partial charge in [0, 0.05) is 48.1 Å². The zero-order valence-electron chi connectivity index (χ0n) is 24.4. The van der Waals surface area contributed by atoms with E-state index in [9.17, 15) is 24.8 Å². The number of azo groups is 1. The van der Waals surface area contributed by atoms with E-state index in [2.05, 4.69) is 31.9 Å². The monoisotopic (exact) mass is 593 g/mol. The number of anilines is 3. The molecular weight excluding hydrogens is 554 g/mol. The fourth-order valence-electron chi connectivity index (χ4n) is 4.18. The van der Waals surface area contributed by atoms with E-state index in [1.54, 1.807) is 52.0 Å². The van der Waals surface area contributed by atoms with Gasteiger partial charge in [-0.05, 0) is 64.1 Å².